The van der Waals surface area contributed by atoms with Crippen molar-refractivity contribution in [3.8, 4) is 5.75 Å². The van der Waals surface area contributed by atoms with Crippen LogP contribution in [0.2, 0.25) is 15.1 Å². The summed E-state index contributed by atoms with van der Waals surface area (Å²) in [4.78, 5) is 12.4. The Bertz CT molecular complexity index is 1080. The normalized spacial score (nSPS) is 10.9. The van der Waals surface area contributed by atoms with Crippen molar-refractivity contribution < 1.29 is 9.53 Å². The minimum Gasteiger partial charge on any atom is -0.486 e. The van der Waals surface area contributed by atoms with Crippen LogP contribution in [0, 0.1) is 13.8 Å². The lowest BCUT2D eigenvalue weighted by Gasteiger charge is -2.10. The van der Waals surface area contributed by atoms with E-state index in [2.05, 4.69) is 21.6 Å². The second-order valence-electron chi connectivity index (χ2n) is 6.84. The molecular weight excluding hydrogens is 479 g/mol. The third-order valence-electron chi connectivity index (χ3n) is 4.29. The molecule has 1 amide bonds. The van der Waals surface area contributed by atoms with E-state index in [1.807, 2.05) is 37.5 Å². The zero-order valence-corrected chi connectivity index (χ0v) is 20.3. The summed E-state index contributed by atoms with van der Waals surface area (Å²) in [5, 5.41) is 12.8. The largest absolute Gasteiger partial charge is 0.486 e. The van der Waals surface area contributed by atoms with E-state index >= 15 is 0 Å². The van der Waals surface area contributed by atoms with Gasteiger partial charge in [-0.05, 0) is 56.2 Å². The number of hydrogen-bond acceptors (Lipinski definition) is 5. The van der Waals surface area contributed by atoms with Crippen LogP contribution in [0.4, 0.5) is 5.69 Å². The summed E-state index contributed by atoms with van der Waals surface area (Å²) in [6.07, 6.45) is 0. The Morgan fingerprint density at radius 1 is 1.03 bits per heavy atom. The lowest BCUT2D eigenvalue weighted by molar-refractivity contribution is -0.113. The van der Waals surface area contributed by atoms with Crippen LogP contribution < -0.4 is 10.1 Å². The van der Waals surface area contributed by atoms with Crippen LogP contribution in [0.15, 0.2) is 35.5 Å². The first-order chi connectivity index (χ1) is 14.8. The Morgan fingerprint density at radius 3 is 2.39 bits per heavy atom. The summed E-state index contributed by atoms with van der Waals surface area (Å²) in [6, 6.07) is 9.06. The van der Waals surface area contributed by atoms with Crippen molar-refractivity contribution >= 4 is 58.2 Å². The van der Waals surface area contributed by atoms with Crippen molar-refractivity contribution in [1.82, 2.24) is 14.8 Å². The van der Waals surface area contributed by atoms with E-state index < -0.39 is 0 Å². The molecule has 0 aliphatic heterocycles. The minimum absolute atomic E-state index is 0.132. The molecule has 0 aliphatic carbocycles. The molecule has 0 spiro atoms. The molecule has 0 fully saturated rings. The Kier molecular flexibility index (Phi) is 8.11. The molecule has 0 bridgehead atoms. The lowest BCUT2D eigenvalue weighted by atomic mass is 10.1. The smallest absolute Gasteiger partial charge is 0.234 e. The van der Waals surface area contributed by atoms with Crippen molar-refractivity contribution in [3.63, 3.8) is 0 Å². The quantitative estimate of drug-likeness (QED) is 0.296. The summed E-state index contributed by atoms with van der Waals surface area (Å²) in [5.41, 5.74) is 2.67. The molecule has 31 heavy (non-hydrogen) atoms. The number of nitrogens with zero attached hydrogens (tertiary/aromatic N) is 3. The van der Waals surface area contributed by atoms with E-state index in [9.17, 15) is 4.79 Å². The van der Waals surface area contributed by atoms with E-state index in [1.54, 1.807) is 0 Å². The van der Waals surface area contributed by atoms with Crippen LogP contribution in [0.5, 0.6) is 5.75 Å². The van der Waals surface area contributed by atoms with Crippen molar-refractivity contribution in [2.24, 2.45) is 0 Å². The summed E-state index contributed by atoms with van der Waals surface area (Å²) < 4.78 is 7.82. The fraction of sp³-hybridized carbons (Fsp3) is 0.286. The SMILES string of the molecule is CCn1c(COc2cc(C)cc(C)c2)nnc1SCC(=O)Nc1cc(Cl)c(Cl)cc1Cl. The van der Waals surface area contributed by atoms with Gasteiger partial charge in [-0.3, -0.25) is 4.79 Å². The summed E-state index contributed by atoms with van der Waals surface area (Å²) in [5.74, 6) is 1.36. The standard InChI is InChI=1S/C21H21Cl3N4O2S/c1-4-28-19(10-30-14-6-12(2)5-13(3)7-14)26-27-21(28)31-11-20(29)25-18-9-16(23)15(22)8-17(18)24/h5-9H,4,10-11H2,1-3H3,(H,25,29). The number of halogens is 3. The van der Waals surface area contributed by atoms with Gasteiger partial charge in [-0.15, -0.1) is 10.2 Å². The predicted molar refractivity (Wildman–Crippen MR) is 127 cm³/mol. The highest BCUT2D eigenvalue weighted by Crippen LogP contribution is 2.32. The summed E-state index contributed by atoms with van der Waals surface area (Å²) >= 11 is 19.3. The molecule has 0 radical (unpaired) electrons. The maximum Gasteiger partial charge on any atom is 0.234 e. The number of hydrogen-bond donors (Lipinski definition) is 1. The van der Waals surface area contributed by atoms with Crippen molar-refractivity contribution in [1.29, 1.82) is 0 Å². The number of nitrogens with one attached hydrogen (secondary N) is 1. The van der Waals surface area contributed by atoms with E-state index in [0.717, 1.165) is 16.9 Å². The number of aryl methyl sites for hydroxylation is 2. The molecule has 0 saturated heterocycles. The lowest BCUT2D eigenvalue weighted by Crippen LogP contribution is -2.15. The fourth-order valence-electron chi connectivity index (χ4n) is 2.95. The number of rotatable bonds is 8. The Hall–Kier alpha value is -1.93. The van der Waals surface area contributed by atoms with Crippen LogP contribution >= 0.6 is 46.6 Å². The van der Waals surface area contributed by atoms with Crippen molar-refractivity contribution in [2.75, 3.05) is 11.1 Å². The molecule has 164 valence electrons. The van der Waals surface area contributed by atoms with Gasteiger partial charge in [0.1, 0.15) is 12.4 Å². The van der Waals surface area contributed by atoms with Gasteiger partial charge in [-0.1, -0.05) is 52.6 Å². The molecule has 3 rings (SSSR count). The van der Waals surface area contributed by atoms with Gasteiger partial charge in [0.05, 0.1) is 26.5 Å². The molecule has 2 aromatic carbocycles. The third kappa shape index (κ3) is 6.29. The second-order valence-corrected chi connectivity index (χ2v) is 9.00. The first-order valence-corrected chi connectivity index (χ1v) is 11.6. The van der Waals surface area contributed by atoms with Crippen molar-refractivity contribution in [3.05, 3.63) is 62.4 Å². The molecule has 3 aromatic rings. The number of carbonyl (C=O) groups is 1. The maximum atomic E-state index is 12.4. The number of anilines is 1. The highest BCUT2D eigenvalue weighted by molar-refractivity contribution is 7.99. The van der Waals surface area contributed by atoms with Gasteiger partial charge in [0.2, 0.25) is 5.91 Å². The van der Waals surface area contributed by atoms with Gasteiger partial charge in [-0.25, -0.2) is 0 Å². The van der Waals surface area contributed by atoms with E-state index in [-0.39, 0.29) is 18.3 Å². The molecule has 10 heteroatoms. The molecule has 6 nitrogen and oxygen atoms in total. The Morgan fingerprint density at radius 2 is 1.71 bits per heavy atom. The van der Waals surface area contributed by atoms with Gasteiger partial charge in [0.25, 0.3) is 0 Å². The molecule has 1 heterocycles. The highest BCUT2D eigenvalue weighted by atomic mass is 35.5. The first-order valence-electron chi connectivity index (χ1n) is 9.47. The van der Waals surface area contributed by atoms with E-state index in [4.69, 9.17) is 39.5 Å². The molecular formula is C21H21Cl3N4O2S. The van der Waals surface area contributed by atoms with Crippen LogP contribution in [-0.2, 0) is 17.9 Å². The number of carbonyl (C=O) groups excluding carboxylic acids is 1. The first kappa shape index (κ1) is 23.7. The summed E-state index contributed by atoms with van der Waals surface area (Å²) in [7, 11) is 0. The van der Waals surface area contributed by atoms with Gasteiger partial charge in [0, 0.05) is 6.54 Å². The van der Waals surface area contributed by atoms with Crippen LogP contribution in [0.25, 0.3) is 0 Å². The number of aromatic nitrogens is 3. The molecule has 0 unspecified atom stereocenters. The summed E-state index contributed by atoms with van der Waals surface area (Å²) in [6.45, 7) is 6.98. The second kappa shape index (κ2) is 10.6. The van der Waals surface area contributed by atoms with Crippen molar-refractivity contribution in [2.45, 2.75) is 39.1 Å². The van der Waals surface area contributed by atoms with Gasteiger partial charge >= 0.3 is 0 Å². The monoisotopic (exact) mass is 498 g/mol. The molecule has 1 aromatic heterocycles. The zero-order valence-electron chi connectivity index (χ0n) is 17.2. The molecule has 0 atom stereocenters. The predicted octanol–water partition coefficient (Wildman–Crippen LogP) is 6.18. The zero-order chi connectivity index (χ0) is 22.5. The third-order valence-corrected chi connectivity index (χ3v) is 6.29. The highest BCUT2D eigenvalue weighted by Gasteiger charge is 2.15. The van der Waals surface area contributed by atoms with Gasteiger partial charge in [0.15, 0.2) is 11.0 Å². The number of amides is 1. The van der Waals surface area contributed by atoms with Crippen LogP contribution in [-0.4, -0.2) is 26.4 Å². The average Bonchev–Trinajstić information content (AvgIpc) is 3.10. The molecule has 1 N–H and O–H groups in total. The van der Waals surface area contributed by atoms with E-state index in [0.29, 0.717) is 38.3 Å². The number of ether oxygens (including phenoxy) is 1. The minimum atomic E-state index is -0.246. The molecule has 0 aliphatic rings. The van der Waals surface area contributed by atoms with Gasteiger partial charge in [-0.2, -0.15) is 0 Å². The fourth-order valence-corrected chi connectivity index (χ4v) is 4.36. The Balaban J connectivity index is 1.61. The topological polar surface area (TPSA) is 69.0 Å². The average molecular weight is 500 g/mol. The van der Waals surface area contributed by atoms with E-state index in [1.165, 1.54) is 23.9 Å². The van der Waals surface area contributed by atoms with Gasteiger partial charge < -0.3 is 14.6 Å². The molecule has 0 saturated carbocycles. The van der Waals surface area contributed by atoms with Crippen LogP contribution in [0.1, 0.15) is 23.9 Å². The van der Waals surface area contributed by atoms with Crippen LogP contribution in [0.3, 0.4) is 0 Å². The number of benzene rings is 2. The Labute approximate surface area is 200 Å². The maximum absolute atomic E-state index is 12.4. The number of thioether (sulfide) groups is 1.